The van der Waals surface area contributed by atoms with E-state index in [1.807, 2.05) is 31.2 Å². The predicted molar refractivity (Wildman–Crippen MR) is 72.3 cm³/mol. The molecule has 0 aliphatic carbocycles. The van der Waals surface area contributed by atoms with Gasteiger partial charge in [-0.1, -0.05) is 19.1 Å². The minimum Gasteiger partial charge on any atom is -0.493 e. The molecule has 0 bridgehead atoms. The van der Waals surface area contributed by atoms with Crippen LogP contribution in [0.1, 0.15) is 25.8 Å². The average Bonchev–Trinajstić information content (AvgIpc) is 2.34. The monoisotopic (exact) mass is 250 g/mol. The molecule has 4 nitrogen and oxygen atoms in total. The molecule has 0 spiro atoms. The molecule has 2 unspecified atom stereocenters. The number of carbonyl (C=O) groups is 1. The van der Waals surface area contributed by atoms with Crippen LogP contribution in [-0.4, -0.2) is 18.6 Å². The van der Waals surface area contributed by atoms with Crippen LogP contribution in [0.5, 0.6) is 5.75 Å². The number of amides is 1. The van der Waals surface area contributed by atoms with Crippen molar-refractivity contribution in [1.82, 2.24) is 0 Å². The Hall–Kier alpha value is -1.55. The standard InChI is InChI=1S/C14H22N2O2/c1-10(14(16)17)9-18-13-7-5-12(6-8-13)4-3-11(2)15/h5-8,10-11H,3-4,9,15H2,1-2H3,(H2,16,17). The van der Waals surface area contributed by atoms with E-state index in [9.17, 15) is 4.79 Å². The van der Waals surface area contributed by atoms with Gasteiger partial charge >= 0.3 is 0 Å². The van der Waals surface area contributed by atoms with Gasteiger partial charge in [-0.25, -0.2) is 0 Å². The van der Waals surface area contributed by atoms with Gasteiger partial charge in [0.1, 0.15) is 5.75 Å². The summed E-state index contributed by atoms with van der Waals surface area (Å²) in [5, 5.41) is 0. The molecule has 0 aliphatic rings. The molecule has 0 radical (unpaired) electrons. The highest BCUT2D eigenvalue weighted by molar-refractivity contribution is 5.76. The highest BCUT2D eigenvalue weighted by Crippen LogP contribution is 2.14. The predicted octanol–water partition coefficient (Wildman–Crippen LogP) is 1.47. The minimum absolute atomic E-state index is 0.220. The third-order valence-corrected chi connectivity index (χ3v) is 2.80. The zero-order valence-corrected chi connectivity index (χ0v) is 11.1. The fourth-order valence-corrected chi connectivity index (χ4v) is 1.45. The van der Waals surface area contributed by atoms with Crippen LogP contribution >= 0.6 is 0 Å². The maximum atomic E-state index is 10.9. The zero-order valence-electron chi connectivity index (χ0n) is 11.1. The molecule has 0 aromatic heterocycles. The zero-order chi connectivity index (χ0) is 13.5. The Kier molecular flexibility index (Phi) is 5.65. The van der Waals surface area contributed by atoms with Gasteiger partial charge in [-0.05, 0) is 37.5 Å². The van der Waals surface area contributed by atoms with Crippen LogP contribution in [0.15, 0.2) is 24.3 Å². The van der Waals surface area contributed by atoms with E-state index in [1.54, 1.807) is 6.92 Å². The summed E-state index contributed by atoms with van der Waals surface area (Å²) < 4.78 is 5.48. The first-order valence-electron chi connectivity index (χ1n) is 6.25. The molecule has 1 amide bonds. The average molecular weight is 250 g/mol. The van der Waals surface area contributed by atoms with Crippen LogP contribution in [-0.2, 0) is 11.2 Å². The van der Waals surface area contributed by atoms with Gasteiger partial charge in [0.2, 0.25) is 5.91 Å². The third kappa shape index (κ3) is 5.19. The molecule has 18 heavy (non-hydrogen) atoms. The molecular weight excluding hydrogens is 228 g/mol. The van der Waals surface area contributed by atoms with Crippen molar-refractivity contribution in [3.63, 3.8) is 0 Å². The van der Waals surface area contributed by atoms with Gasteiger partial charge in [-0.15, -0.1) is 0 Å². The Morgan fingerprint density at radius 1 is 1.28 bits per heavy atom. The van der Waals surface area contributed by atoms with Crippen molar-refractivity contribution in [2.75, 3.05) is 6.61 Å². The van der Waals surface area contributed by atoms with Crippen molar-refractivity contribution in [3.05, 3.63) is 29.8 Å². The number of ether oxygens (including phenoxy) is 1. The lowest BCUT2D eigenvalue weighted by atomic mass is 10.1. The van der Waals surface area contributed by atoms with Crippen molar-refractivity contribution in [2.45, 2.75) is 32.7 Å². The summed E-state index contributed by atoms with van der Waals surface area (Å²) in [6.07, 6.45) is 1.94. The molecule has 1 rings (SSSR count). The molecule has 1 aromatic carbocycles. The summed E-state index contributed by atoms with van der Waals surface area (Å²) in [6.45, 7) is 4.07. The van der Waals surface area contributed by atoms with Crippen LogP contribution in [0, 0.1) is 5.92 Å². The normalized spacial score (nSPS) is 13.9. The van der Waals surface area contributed by atoms with E-state index in [2.05, 4.69) is 0 Å². The summed E-state index contributed by atoms with van der Waals surface area (Å²) in [5.41, 5.74) is 12.1. The molecule has 0 saturated carbocycles. The van der Waals surface area contributed by atoms with Gasteiger partial charge < -0.3 is 16.2 Å². The quantitative estimate of drug-likeness (QED) is 0.769. The number of nitrogens with two attached hydrogens (primary N) is 2. The fourth-order valence-electron chi connectivity index (χ4n) is 1.45. The van der Waals surface area contributed by atoms with Crippen molar-refractivity contribution >= 4 is 5.91 Å². The van der Waals surface area contributed by atoms with Gasteiger partial charge in [0.05, 0.1) is 12.5 Å². The van der Waals surface area contributed by atoms with E-state index in [0.29, 0.717) is 6.61 Å². The van der Waals surface area contributed by atoms with E-state index in [-0.39, 0.29) is 17.9 Å². The number of benzene rings is 1. The Morgan fingerprint density at radius 3 is 2.39 bits per heavy atom. The molecular formula is C14H22N2O2. The van der Waals surface area contributed by atoms with Crippen molar-refractivity contribution < 1.29 is 9.53 Å². The number of hydrogen-bond donors (Lipinski definition) is 2. The molecule has 0 aliphatic heterocycles. The first kappa shape index (κ1) is 14.5. The molecule has 0 heterocycles. The molecule has 2 atom stereocenters. The molecule has 1 aromatic rings. The Morgan fingerprint density at radius 2 is 1.89 bits per heavy atom. The first-order chi connectivity index (χ1) is 8.49. The van der Waals surface area contributed by atoms with Gasteiger partial charge in [-0.2, -0.15) is 0 Å². The topological polar surface area (TPSA) is 78.3 Å². The Labute approximate surface area is 108 Å². The van der Waals surface area contributed by atoms with Crippen LogP contribution in [0.3, 0.4) is 0 Å². The highest BCUT2D eigenvalue weighted by atomic mass is 16.5. The lowest BCUT2D eigenvalue weighted by molar-refractivity contribution is -0.122. The second-order valence-electron chi connectivity index (χ2n) is 4.77. The Bertz CT molecular complexity index is 374. The van der Waals surface area contributed by atoms with Crippen molar-refractivity contribution in [3.8, 4) is 5.75 Å². The van der Waals surface area contributed by atoms with Crippen LogP contribution in [0.2, 0.25) is 0 Å². The van der Waals surface area contributed by atoms with Crippen LogP contribution in [0.25, 0.3) is 0 Å². The Balaban J connectivity index is 2.42. The van der Waals surface area contributed by atoms with Crippen molar-refractivity contribution in [2.24, 2.45) is 17.4 Å². The second kappa shape index (κ2) is 7.01. The van der Waals surface area contributed by atoms with Crippen molar-refractivity contribution in [1.29, 1.82) is 0 Å². The summed E-state index contributed by atoms with van der Waals surface area (Å²) in [7, 11) is 0. The van der Waals surface area contributed by atoms with E-state index in [4.69, 9.17) is 16.2 Å². The summed E-state index contributed by atoms with van der Waals surface area (Å²) >= 11 is 0. The molecule has 0 fully saturated rings. The smallest absolute Gasteiger partial charge is 0.223 e. The molecule has 4 heteroatoms. The van der Waals surface area contributed by atoms with E-state index >= 15 is 0 Å². The molecule has 4 N–H and O–H groups in total. The van der Waals surface area contributed by atoms with Gasteiger partial charge in [0, 0.05) is 6.04 Å². The lowest BCUT2D eigenvalue weighted by Gasteiger charge is -2.10. The number of carbonyl (C=O) groups excluding carboxylic acids is 1. The number of hydrogen-bond acceptors (Lipinski definition) is 3. The summed E-state index contributed by atoms with van der Waals surface area (Å²) in [5.74, 6) is 0.138. The highest BCUT2D eigenvalue weighted by Gasteiger charge is 2.09. The second-order valence-corrected chi connectivity index (χ2v) is 4.77. The third-order valence-electron chi connectivity index (χ3n) is 2.80. The van der Waals surface area contributed by atoms with Gasteiger partial charge in [-0.3, -0.25) is 4.79 Å². The van der Waals surface area contributed by atoms with Crippen LogP contribution in [0.4, 0.5) is 0 Å². The fraction of sp³-hybridized carbons (Fsp3) is 0.500. The van der Waals surface area contributed by atoms with E-state index in [1.165, 1.54) is 5.56 Å². The van der Waals surface area contributed by atoms with Gasteiger partial charge in [0.25, 0.3) is 0 Å². The lowest BCUT2D eigenvalue weighted by Crippen LogP contribution is -2.25. The summed E-state index contributed by atoms with van der Waals surface area (Å²) in [4.78, 5) is 10.9. The number of primary amides is 1. The van der Waals surface area contributed by atoms with Gasteiger partial charge in [0.15, 0.2) is 0 Å². The maximum Gasteiger partial charge on any atom is 0.223 e. The largest absolute Gasteiger partial charge is 0.493 e. The van der Waals surface area contributed by atoms with E-state index in [0.717, 1.165) is 18.6 Å². The first-order valence-corrected chi connectivity index (χ1v) is 6.25. The number of aryl methyl sites for hydroxylation is 1. The van der Waals surface area contributed by atoms with Crippen LogP contribution < -0.4 is 16.2 Å². The SMILES string of the molecule is CC(N)CCc1ccc(OCC(C)C(N)=O)cc1. The van der Waals surface area contributed by atoms with E-state index < -0.39 is 0 Å². The molecule has 0 saturated heterocycles. The summed E-state index contributed by atoms with van der Waals surface area (Å²) in [6, 6.07) is 8.07. The number of rotatable bonds is 7. The molecule has 100 valence electrons. The maximum absolute atomic E-state index is 10.9. The minimum atomic E-state index is -0.344.